The fourth-order valence-corrected chi connectivity index (χ4v) is 1.54. The van der Waals surface area contributed by atoms with Crippen molar-refractivity contribution in [3.63, 3.8) is 0 Å². The summed E-state index contributed by atoms with van der Waals surface area (Å²) in [5.74, 6) is -0.312. The van der Waals surface area contributed by atoms with Gasteiger partial charge < -0.3 is 4.74 Å². The van der Waals surface area contributed by atoms with Gasteiger partial charge in [0.25, 0.3) is 0 Å². The van der Waals surface area contributed by atoms with Gasteiger partial charge in [-0.15, -0.1) is 0 Å². The smallest absolute Gasteiger partial charge is 0.338 e. The highest BCUT2D eigenvalue weighted by Gasteiger charge is 2.09. The van der Waals surface area contributed by atoms with Crippen molar-refractivity contribution in [3.05, 3.63) is 42.5 Å². The molecule has 1 aromatic carbocycles. The predicted octanol–water partition coefficient (Wildman–Crippen LogP) is 3.82. The Kier molecular flexibility index (Phi) is 6.08. The van der Waals surface area contributed by atoms with Crippen LogP contribution in [0.3, 0.4) is 0 Å². The molecule has 1 aromatic rings. The van der Waals surface area contributed by atoms with Crippen LogP contribution in [0.25, 0.3) is 5.57 Å². The van der Waals surface area contributed by atoms with Gasteiger partial charge in [-0.3, -0.25) is 0 Å². The fraction of sp³-hybridized carbons (Fsp3) is 0.400. The van der Waals surface area contributed by atoms with Crippen LogP contribution in [0.5, 0.6) is 0 Å². The zero-order valence-electron chi connectivity index (χ0n) is 10.4. The van der Waals surface area contributed by atoms with Crippen LogP contribution in [-0.4, -0.2) is 12.6 Å². The van der Waals surface area contributed by atoms with Crippen molar-refractivity contribution in [2.45, 2.75) is 32.6 Å². The molecule has 0 atom stereocenters. The summed E-state index contributed by atoms with van der Waals surface area (Å²) in [7, 11) is 0. The number of unbranched alkanes of at least 4 members (excludes halogenated alkanes) is 3. The minimum atomic E-state index is -0.312. The Morgan fingerprint density at radius 2 is 1.88 bits per heavy atom. The van der Waals surface area contributed by atoms with E-state index in [0.29, 0.717) is 12.2 Å². The maximum atomic E-state index is 11.7. The van der Waals surface area contributed by atoms with Crippen LogP contribution in [0.2, 0.25) is 0 Å². The number of carbonyl (C=O) groups excluding carboxylic acids is 1. The van der Waals surface area contributed by atoms with Gasteiger partial charge in [0, 0.05) is 0 Å². The van der Waals surface area contributed by atoms with E-state index in [9.17, 15) is 4.79 Å². The van der Waals surface area contributed by atoms with E-state index in [1.165, 1.54) is 12.8 Å². The lowest BCUT2D eigenvalue weighted by atomic mass is 10.1. The first-order valence-electron chi connectivity index (χ1n) is 6.17. The van der Waals surface area contributed by atoms with Crippen molar-refractivity contribution in [1.29, 1.82) is 0 Å². The average molecular weight is 232 g/mol. The monoisotopic (exact) mass is 232 g/mol. The number of carbonyl (C=O) groups is 1. The highest BCUT2D eigenvalue weighted by atomic mass is 16.5. The summed E-state index contributed by atoms with van der Waals surface area (Å²) in [5.41, 5.74) is 1.26. The molecule has 0 radical (unpaired) electrons. The molecule has 0 amide bonds. The molecule has 0 heterocycles. The third kappa shape index (κ3) is 4.85. The molecule has 2 nitrogen and oxygen atoms in total. The maximum absolute atomic E-state index is 11.7. The van der Waals surface area contributed by atoms with Gasteiger partial charge in [-0.25, -0.2) is 4.79 Å². The van der Waals surface area contributed by atoms with E-state index in [2.05, 4.69) is 13.5 Å². The molecule has 0 unspecified atom stereocenters. The normalized spacial score (nSPS) is 9.94. The Morgan fingerprint density at radius 3 is 2.53 bits per heavy atom. The first-order valence-corrected chi connectivity index (χ1v) is 6.17. The van der Waals surface area contributed by atoms with Crippen LogP contribution in [0.1, 0.15) is 38.2 Å². The minimum absolute atomic E-state index is 0.312. The Hall–Kier alpha value is -1.57. The summed E-state index contributed by atoms with van der Waals surface area (Å²) in [6, 6.07) is 9.40. The van der Waals surface area contributed by atoms with Crippen molar-refractivity contribution in [3.8, 4) is 0 Å². The van der Waals surface area contributed by atoms with E-state index in [-0.39, 0.29) is 5.97 Å². The fourth-order valence-electron chi connectivity index (χ4n) is 1.54. The summed E-state index contributed by atoms with van der Waals surface area (Å²) in [4.78, 5) is 11.7. The van der Waals surface area contributed by atoms with E-state index < -0.39 is 0 Å². The largest absolute Gasteiger partial charge is 0.462 e. The average Bonchev–Trinajstić information content (AvgIpc) is 2.38. The number of benzene rings is 1. The maximum Gasteiger partial charge on any atom is 0.338 e. The van der Waals surface area contributed by atoms with Crippen LogP contribution in [-0.2, 0) is 9.53 Å². The summed E-state index contributed by atoms with van der Waals surface area (Å²) in [5, 5.41) is 0. The summed E-state index contributed by atoms with van der Waals surface area (Å²) in [6.07, 6.45) is 4.42. The lowest BCUT2D eigenvalue weighted by Crippen LogP contribution is -2.07. The molecule has 0 bridgehead atoms. The number of ether oxygens (including phenoxy) is 1. The van der Waals surface area contributed by atoms with Crippen LogP contribution >= 0.6 is 0 Å². The van der Waals surface area contributed by atoms with E-state index in [0.717, 1.165) is 18.4 Å². The van der Waals surface area contributed by atoms with Crippen LogP contribution < -0.4 is 0 Å². The Labute approximate surface area is 103 Å². The number of esters is 1. The molecule has 0 spiro atoms. The molecule has 0 aliphatic carbocycles. The van der Waals surface area contributed by atoms with Gasteiger partial charge in [-0.2, -0.15) is 0 Å². The standard InChI is InChI=1S/C15H20O2/c1-3-4-5-9-12-17-15(16)13(2)14-10-7-6-8-11-14/h6-8,10-11H,2-5,9,12H2,1H3. The summed E-state index contributed by atoms with van der Waals surface area (Å²) >= 11 is 0. The lowest BCUT2D eigenvalue weighted by Gasteiger charge is -2.06. The first-order chi connectivity index (χ1) is 8.25. The summed E-state index contributed by atoms with van der Waals surface area (Å²) in [6.45, 7) is 6.41. The molecule has 0 saturated carbocycles. The van der Waals surface area contributed by atoms with Gasteiger partial charge in [-0.05, 0) is 12.0 Å². The zero-order chi connectivity index (χ0) is 12.5. The van der Waals surface area contributed by atoms with E-state index >= 15 is 0 Å². The van der Waals surface area contributed by atoms with Crippen LogP contribution in [0.4, 0.5) is 0 Å². The second kappa shape index (κ2) is 7.66. The molecular formula is C15H20O2. The first kappa shape index (κ1) is 13.5. The third-order valence-electron chi connectivity index (χ3n) is 2.60. The second-order valence-electron chi connectivity index (χ2n) is 4.04. The molecule has 0 N–H and O–H groups in total. The molecule has 92 valence electrons. The van der Waals surface area contributed by atoms with E-state index in [1.54, 1.807) is 0 Å². The van der Waals surface area contributed by atoms with Gasteiger partial charge in [-0.1, -0.05) is 63.1 Å². The Morgan fingerprint density at radius 1 is 1.18 bits per heavy atom. The molecule has 0 fully saturated rings. The van der Waals surface area contributed by atoms with Gasteiger partial charge in [0.2, 0.25) is 0 Å². The van der Waals surface area contributed by atoms with E-state index in [4.69, 9.17) is 4.74 Å². The highest BCUT2D eigenvalue weighted by molar-refractivity contribution is 6.15. The Balaban J connectivity index is 2.31. The lowest BCUT2D eigenvalue weighted by molar-refractivity contribution is -0.136. The van der Waals surface area contributed by atoms with Crippen LogP contribution in [0.15, 0.2) is 36.9 Å². The minimum Gasteiger partial charge on any atom is -0.462 e. The van der Waals surface area contributed by atoms with Crippen molar-refractivity contribution in [1.82, 2.24) is 0 Å². The van der Waals surface area contributed by atoms with Gasteiger partial charge in [0.1, 0.15) is 0 Å². The van der Waals surface area contributed by atoms with Gasteiger partial charge in [0.05, 0.1) is 12.2 Å². The highest BCUT2D eigenvalue weighted by Crippen LogP contribution is 2.13. The number of rotatable bonds is 7. The molecule has 0 saturated heterocycles. The Bertz CT molecular complexity index is 354. The molecule has 1 rings (SSSR count). The number of hydrogen-bond acceptors (Lipinski definition) is 2. The second-order valence-corrected chi connectivity index (χ2v) is 4.04. The van der Waals surface area contributed by atoms with Gasteiger partial charge >= 0.3 is 5.97 Å². The molecular weight excluding hydrogens is 212 g/mol. The SMILES string of the molecule is C=C(C(=O)OCCCCCC)c1ccccc1. The molecule has 2 heteroatoms. The molecule has 0 aliphatic rings. The zero-order valence-corrected chi connectivity index (χ0v) is 10.4. The molecule has 17 heavy (non-hydrogen) atoms. The topological polar surface area (TPSA) is 26.3 Å². The molecule has 0 aromatic heterocycles. The quantitative estimate of drug-likeness (QED) is 0.406. The summed E-state index contributed by atoms with van der Waals surface area (Å²) < 4.78 is 5.17. The van der Waals surface area contributed by atoms with Crippen LogP contribution in [0, 0.1) is 0 Å². The molecule has 0 aliphatic heterocycles. The van der Waals surface area contributed by atoms with Crippen molar-refractivity contribution >= 4 is 11.5 Å². The van der Waals surface area contributed by atoms with Crippen molar-refractivity contribution in [2.24, 2.45) is 0 Å². The predicted molar refractivity (Wildman–Crippen MR) is 70.6 cm³/mol. The van der Waals surface area contributed by atoms with Crippen molar-refractivity contribution < 1.29 is 9.53 Å². The van der Waals surface area contributed by atoms with Crippen molar-refractivity contribution in [2.75, 3.05) is 6.61 Å². The van der Waals surface area contributed by atoms with E-state index in [1.807, 2.05) is 30.3 Å². The third-order valence-corrected chi connectivity index (χ3v) is 2.60. The van der Waals surface area contributed by atoms with Gasteiger partial charge in [0.15, 0.2) is 0 Å². The number of hydrogen-bond donors (Lipinski definition) is 0.